The summed E-state index contributed by atoms with van der Waals surface area (Å²) in [5.41, 5.74) is 8.54. The molecule has 0 fully saturated rings. The van der Waals surface area contributed by atoms with Gasteiger partial charge in [0.1, 0.15) is 5.82 Å². The number of aryl methyl sites for hydroxylation is 2. The van der Waals surface area contributed by atoms with Crippen LogP contribution in [0.2, 0.25) is 0 Å². The second-order valence-electron chi connectivity index (χ2n) is 3.60. The largest absolute Gasteiger partial charge is 0.383 e. The fraction of sp³-hybridized carbons (Fsp3) is 0.300. The molecule has 84 valence electrons. The Balaban J connectivity index is 2.61. The minimum absolute atomic E-state index is 0.450. The van der Waals surface area contributed by atoms with Crippen molar-refractivity contribution in [3.8, 4) is 11.4 Å². The molecule has 2 aromatic heterocycles. The van der Waals surface area contributed by atoms with E-state index in [1.165, 1.54) is 0 Å². The van der Waals surface area contributed by atoms with Crippen LogP contribution in [-0.4, -0.2) is 19.7 Å². The van der Waals surface area contributed by atoms with Crippen molar-refractivity contribution in [1.82, 2.24) is 19.7 Å². The molecule has 0 radical (unpaired) electrons. The molecule has 2 rings (SSSR count). The molecule has 2 aromatic rings. The van der Waals surface area contributed by atoms with Crippen LogP contribution in [0.25, 0.3) is 11.4 Å². The molecule has 0 unspecified atom stereocenters. The Labute approximate surface area is 102 Å². The summed E-state index contributed by atoms with van der Waals surface area (Å²) >= 11 is 3.34. The number of rotatable bonds is 1. The molecular formula is C10H12BrN5. The standard InChI is InChI=1S/C10H12BrN5/c1-5-8(11)9(12)15-10(14-5)7-4-13-16(3)6(7)2/h4H,1-3H3,(H2,12,14,15). The van der Waals surface area contributed by atoms with Crippen LogP contribution in [0.5, 0.6) is 0 Å². The topological polar surface area (TPSA) is 69.6 Å². The summed E-state index contributed by atoms with van der Waals surface area (Å²) < 4.78 is 2.53. The van der Waals surface area contributed by atoms with E-state index in [9.17, 15) is 0 Å². The number of nitrogens with zero attached hydrogens (tertiary/aromatic N) is 4. The highest BCUT2D eigenvalue weighted by atomic mass is 79.9. The number of hydrogen-bond acceptors (Lipinski definition) is 4. The quantitative estimate of drug-likeness (QED) is 0.866. The SMILES string of the molecule is Cc1nc(-c2cnn(C)c2C)nc(N)c1Br. The third kappa shape index (κ3) is 1.69. The van der Waals surface area contributed by atoms with Crippen molar-refractivity contribution in [1.29, 1.82) is 0 Å². The summed E-state index contributed by atoms with van der Waals surface area (Å²) in [6, 6.07) is 0. The van der Waals surface area contributed by atoms with Gasteiger partial charge in [-0.25, -0.2) is 9.97 Å². The molecule has 2 N–H and O–H groups in total. The fourth-order valence-electron chi connectivity index (χ4n) is 1.42. The Morgan fingerprint density at radius 2 is 2.00 bits per heavy atom. The minimum Gasteiger partial charge on any atom is -0.383 e. The van der Waals surface area contributed by atoms with Crippen molar-refractivity contribution < 1.29 is 0 Å². The van der Waals surface area contributed by atoms with Crippen molar-refractivity contribution in [2.24, 2.45) is 7.05 Å². The van der Waals surface area contributed by atoms with Crippen LogP contribution >= 0.6 is 15.9 Å². The van der Waals surface area contributed by atoms with E-state index in [4.69, 9.17) is 5.73 Å². The van der Waals surface area contributed by atoms with Crippen LogP contribution in [0, 0.1) is 13.8 Å². The average molecular weight is 282 g/mol. The molecule has 0 spiro atoms. The summed E-state index contributed by atoms with van der Waals surface area (Å²) in [4.78, 5) is 8.63. The fourth-order valence-corrected chi connectivity index (χ4v) is 1.60. The van der Waals surface area contributed by atoms with Gasteiger partial charge in [-0.2, -0.15) is 5.10 Å². The third-order valence-electron chi connectivity index (χ3n) is 2.52. The second kappa shape index (κ2) is 3.86. The van der Waals surface area contributed by atoms with Gasteiger partial charge >= 0.3 is 0 Å². The third-order valence-corrected chi connectivity index (χ3v) is 3.50. The van der Waals surface area contributed by atoms with Crippen molar-refractivity contribution in [2.45, 2.75) is 13.8 Å². The molecule has 0 amide bonds. The summed E-state index contributed by atoms with van der Waals surface area (Å²) in [5, 5.41) is 4.16. The van der Waals surface area contributed by atoms with Crippen LogP contribution in [0.4, 0.5) is 5.82 Å². The summed E-state index contributed by atoms with van der Waals surface area (Å²) in [6.07, 6.45) is 1.75. The van der Waals surface area contributed by atoms with Gasteiger partial charge in [-0.05, 0) is 29.8 Å². The Kier molecular flexibility index (Phi) is 2.67. The van der Waals surface area contributed by atoms with Gasteiger partial charge in [0.15, 0.2) is 5.82 Å². The van der Waals surface area contributed by atoms with Gasteiger partial charge in [0, 0.05) is 12.7 Å². The number of nitrogen functional groups attached to an aromatic ring is 1. The Bertz CT molecular complexity index is 523. The zero-order valence-electron chi connectivity index (χ0n) is 9.32. The van der Waals surface area contributed by atoms with Crippen LogP contribution in [0.1, 0.15) is 11.4 Å². The molecule has 0 aromatic carbocycles. The number of hydrogen-bond donors (Lipinski definition) is 1. The molecule has 6 heteroatoms. The lowest BCUT2D eigenvalue weighted by Gasteiger charge is -2.05. The molecule has 16 heavy (non-hydrogen) atoms. The average Bonchev–Trinajstić information content (AvgIpc) is 2.56. The first-order chi connectivity index (χ1) is 7.50. The molecule has 2 heterocycles. The molecule has 0 aliphatic carbocycles. The van der Waals surface area contributed by atoms with E-state index >= 15 is 0 Å². The van der Waals surface area contributed by atoms with E-state index in [2.05, 4.69) is 31.0 Å². The normalized spacial score (nSPS) is 10.8. The lowest BCUT2D eigenvalue weighted by molar-refractivity contribution is 0.740. The predicted molar refractivity (Wildman–Crippen MR) is 65.8 cm³/mol. The Morgan fingerprint density at radius 1 is 1.31 bits per heavy atom. The van der Waals surface area contributed by atoms with Gasteiger partial charge < -0.3 is 5.73 Å². The van der Waals surface area contributed by atoms with E-state index in [0.717, 1.165) is 21.4 Å². The molecule has 0 atom stereocenters. The van der Waals surface area contributed by atoms with Gasteiger partial charge in [-0.1, -0.05) is 0 Å². The molecular weight excluding hydrogens is 270 g/mol. The molecule has 0 bridgehead atoms. The van der Waals surface area contributed by atoms with Gasteiger partial charge in [0.2, 0.25) is 0 Å². The minimum atomic E-state index is 0.450. The lowest BCUT2D eigenvalue weighted by Crippen LogP contribution is -2.01. The van der Waals surface area contributed by atoms with E-state index in [1.807, 2.05) is 20.9 Å². The highest BCUT2D eigenvalue weighted by Gasteiger charge is 2.12. The first kappa shape index (κ1) is 11.1. The van der Waals surface area contributed by atoms with Crippen molar-refractivity contribution in [3.05, 3.63) is 22.1 Å². The van der Waals surface area contributed by atoms with E-state index in [1.54, 1.807) is 10.9 Å². The molecule has 0 aliphatic heterocycles. The summed E-state index contributed by atoms with van der Waals surface area (Å²) in [7, 11) is 1.88. The highest BCUT2D eigenvalue weighted by Crippen LogP contribution is 2.25. The zero-order valence-corrected chi connectivity index (χ0v) is 10.9. The maximum Gasteiger partial charge on any atom is 0.165 e. The maximum atomic E-state index is 5.79. The second-order valence-corrected chi connectivity index (χ2v) is 4.39. The van der Waals surface area contributed by atoms with Crippen molar-refractivity contribution >= 4 is 21.7 Å². The van der Waals surface area contributed by atoms with E-state index < -0.39 is 0 Å². The summed E-state index contributed by atoms with van der Waals surface area (Å²) in [5.74, 6) is 1.06. The predicted octanol–water partition coefficient (Wildman–Crippen LogP) is 1.84. The van der Waals surface area contributed by atoms with Gasteiger partial charge in [-0.3, -0.25) is 4.68 Å². The molecule has 5 nitrogen and oxygen atoms in total. The Hall–Kier alpha value is -1.43. The van der Waals surface area contributed by atoms with Crippen molar-refractivity contribution in [3.63, 3.8) is 0 Å². The molecule has 0 saturated carbocycles. The number of anilines is 1. The lowest BCUT2D eigenvalue weighted by atomic mass is 10.2. The number of halogens is 1. The van der Waals surface area contributed by atoms with Gasteiger partial charge in [0.05, 0.1) is 21.9 Å². The highest BCUT2D eigenvalue weighted by molar-refractivity contribution is 9.10. The van der Waals surface area contributed by atoms with Crippen LogP contribution in [-0.2, 0) is 7.05 Å². The number of aromatic nitrogens is 4. The first-order valence-corrected chi connectivity index (χ1v) is 5.58. The number of nitrogens with two attached hydrogens (primary N) is 1. The van der Waals surface area contributed by atoms with Crippen LogP contribution < -0.4 is 5.73 Å². The van der Waals surface area contributed by atoms with E-state index in [0.29, 0.717) is 11.6 Å². The van der Waals surface area contributed by atoms with Gasteiger partial charge in [-0.15, -0.1) is 0 Å². The van der Waals surface area contributed by atoms with Gasteiger partial charge in [0.25, 0.3) is 0 Å². The van der Waals surface area contributed by atoms with Crippen LogP contribution in [0.15, 0.2) is 10.7 Å². The summed E-state index contributed by atoms with van der Waals surface area (Å²) in [6.45, 7) is 3.86. The first-order valence-electron chi connectivity index (χ1n) is 4.79. The Morgan fingerprint density at radius 3 is 2.50 bits per heavy atom. The monoisotopic (exact) mass is 281 g/mol. The zero-order chi connectivity index (χ0) is 11.9. The van der Waals surface area contributed by atoms with Crippen LogP contribution in [0.3, 0.4) is 0 Å². The maximum absolute atomic E-state index is 5.79. The van der Waals surface area contributed by atoms with E-state index in [-0.39, 0.29) is 0 Å². The molecule has 0 aliphatic rings. The van der Waals surface area contributed by atoms with Crippen molar-refractivity contribution in [2.75, 3.05) is 5.73 Å². The molecule has 0 saturated heterocycles. The smallest absolute Gasteiger partial charge is 0.165 e.